The summed E-state index contributed by atoms with van der Waals surface area (Å²) in [6.45, 7) is 4.93. The zero-order valence-electron chi connectivity index (χ0n) is 18.4. The predicted octanol–water partition coefficient (Wildman–Crippen LogP) is 6.06. The third kappa shape index (κ3) is 4.32. The minimum atomic E-state index is 0.155. The SMILES string of the molecule is CCC(CC(=O)C1CCN(Cc2c[nH]c3ccc(Cl)cc23)CC1)c1nc2ccccc2[nH]1. The molecule has 1 saturated heterocycles. The van der Waals surface area contributed by atoms with Crippen molar-refractivity contribution >= 4 is 39.3 Å². The largest absolute Gasteiger partial charge is 0.361 e. The number of rotatable bonds is 7. The Hall–Kier alpha value is -2.63. The molecule has 2 aromatic carbocycles. The number of aromatic nitrogens is 3. The van der Waals surface area contributed by atoms with Crippen molar-refractivity contribution in [3.63, 3.8) is 0 Å². The van der Waals surface area contributed by atoms with Crippen LogP contribution >= 0.6 is 11.6 Å². The number of nitrogens with one attached hydrogen (secondary N) is 2. The highest BCUT2D eigenvalue weighted by atomic mass is 35.5. The monoisotopic (exact) mass is 448 g/mol. The molecule has 1 unspecified atom stereocenters. The molecule has 3 heterocycles. The van der Waals surface area contributed by atoms with E-state index in [1.54, 1.807) is 0 Å². The van der Waals surface area contributed by atoms with E-state index < -0.39 is 0 Å². The average Bonchev–Trinajstić information content (AvgIpc) is 3.42. The zero-order chi connectivity index (χ0) is 22.1. The Morgan fingerprint density at radius 3 is 2.78 bits per heavy atom. The van der Waals surface area contributed by atoms with E-state index in [-0.39, 0.29) is 11.8 Å². The van der Waals surface area contributed by atoms with Gasteiger partial charge in [0.15, 0.2) is 0 Å². The van der Waals surface area contributed by atoms with Crippen molar-refractivity contribution in [1.29, 1.82) is 0 Å². The summed E-state index contributed by atoms with van der Waals surface area (Å²) < 4.78 is 0. The van der Waals surface area contributed by atoms with Gasteiger partial charge in [-0.25, -0.2) is 4.98 Å². The van der Waals surface area contributed by atoms with Crippen LogP contribution < -0.4 is 0 Å². The highest BCUT2D eigenvalue weighted by molar-refractivity contribution is 6.31. The second-order valence-electron chi connectivity index (χ2n) is 8.97. The number of fused-ring (bicyclic) bond motifs is 2. The van der Waals surface area contributed by atoms with Gasteiger partial charge in [-0.15, -0.1) is 0 Å². The van der Waals surface area contributed by atoms with Crippen molar-refractivity contribution in [2.75, 3.05) is 13.1 Å². The van der Waals surface area contributed by atoms with E-state index in [0.29, 0.717) is 12.2 Å². The number of para-hydroxylation sites is 2. The molecule has 0 radical (unpaired) electrons. The summed E-state index contributed by atoms with van der Waals surface area (Å²) in [7, 11) is 0. The number of imidazole rings is 1. The number of hydrogen-bond acceptors (Lipinski definition) is 3. The fraction of sp³-hybridized carbons (Fsp3) is 0.385. The van der Waals surface area contributed by atoms with Crippen LogP contribution in [0.15, 0.2) is 48.7 Å². The molecule has 2 N–H and O–H groups in total. The maximum absolute atomic E-state index is 13.1. The lowest BCUT2D eigenvalue weighted by molar-refractivity contribution is -0.124. The number of benzene rings is 2. The Morgan fingerprint density at radius 1 is 1.19 bits per heavy atom. The molecule has 5 nitrogen and oxygen atoms in total. The first-order valence-corrected chi connectivity index (χ1v) is 11.9. The molecule has 6 heteroatoms. The van der Waals surface area contributed by atoms with Crippen LogP contribution in [0.1, 0.15) is 49.9 Å². The number of Topliss-reactive ketones (excluding diaryl/α,β-unsaturated/α-hetero) is 1. The minimum absolute atomic E-state index is 0.155. The number of aromatic amines is 2. The lowest BCUT2D eigenvalue weighted by Gasteiger charge is -2.31. The number of nitrogens with zero attached hydrogens (tertiary/aromatic N) is 2. The van der Waals surface area contributed by atoms with Crippen molar-refractivity contribution in [2.45, 2.75) is 45.1 Å². The van der Waals surface area contributed by atoms with Crippen molar-refractivity contribution in [1.82, 2.24) is 19.9 Å². The molecule has 0 aliphatic carbocycles. The highest BCUT2D eigenvalue weighted by Gasteiger charge is 2.28. The van der Waals surface area contributed by atoms with Gasteiger partial charge in [-0.2, -0.15) is 0 Å². The van der Waals surface area contributed by atoms with Gasteiger partial charge in [0.1, 0.15) is 11.6 Å². The van der Waals surface area contributed by atoms with E-state index in [1.807, 2.05) is 42.5 Å². The maximum atomic E-state index is 13.1. The summed E-state index contributed by atoms with van der Waals surface area (Å²) >= 11 is 6.19. The van der Waals surface area contributed by atoms with Crippen LogP contribution in [0.5, 0.6) is 0 Å². The van der Waals surface area contributed by atoms with Gasteiger partial charge < -0.3 is 9.97 Å². The smallest absolute Gasteiger partial charge is 0.136 e. The van der Waals surface area contributed by atoms with E-state index in [9.17, 15) is 4.79 Å². The topological polar surface area (TPSA) is 64.8 Å². The van der Waals surface area contributed by atoms with Crippen molar-refractivity contribution in [2.24, 2.45) is 5.92 Å². The molecule has 0 saturated carbocycles. The first-order valence-electron chi connectivity index (χ1n) is 11.6. The number of H-pyrrole nitrogens is 2. The van der Waals surface area contributed by atoms with Crippen molar-refractivity contribution in [3.8, 4) is 0 Å². The van der Waals surface area contributed by atoms with Crippen LogP contribution in [0.4, 0.5) is 0 Å². The average molecular weight is 449 g/mol. The Bertz CT molecular complexity index is 1200. The first kappa shape index (κ1) is 21.2. The maximum Gasteiger partial charge on any atom is 0.136 e. The standard InChI is InChI=1S/C26H29ClN4O/c1-2-17(26-29-23-5-3-4-6-24(23)30-26)13-25(32)18-9-11-31(12-10-18)16-19-15-28-22-8-7-20(27)14-21(19)22/h3-8,14-15,17-18,28H,2,9-13,16H2,1H3,(H,29,30). The van der Waals surface area contributed by atoms with Gasteiger partial charge in [0.2, 0.25) is 0 Å². The summed E-state index contributed by atoms with van der Waals surface area (Å²) in [5.41, 5.74) is 4.40. The summed E-state index contributed by atoms with van der Waals surface area (Å²) in [4.78, 5) is 27.1. The van der Waals surface area contributed by atoms with Crippen LogP contribution in [0, 0.1) is 5.92 Å². The summed E-state index contributed by atoms with van der Waals surface area (Å²) in [6.07, 6.45) is 5.42. The summed E-state index contributed by atoms with van der Waals surface area (Å²) in [5.74, 6) is 1.64. The summed E-state index contributed by atoms with van der Waals surface area (Å²) in [5, 5.41) is 1.95. The second-order valence-corrected chi connectivity index (χ2v) is 9.41. The third-order valence-corrected chi connectivity index (χ3v) is 7.14. The third-order valence-electron chi connectivity index (χ3n) is 6.90. The van der Waals surface area contributed by atoms with E-state index in [0.717, 1.165) is 66.3 Å². The van der Waals surface area contributed by atoms with Crippen molar-refractivity contribution < 1.29 is 4.79 Å². The van der Waals surface area contributed by atoms with Crippen LogP contribution in [-0.4, -0.2) is 38.7 Å². The van der Waals surface area contributed by atoms with E-state index >= 15 is 0 Å². The minimum Gasteiger partial charge on any atom is -0.361 e. The predicted molar refractivity (Wildman–Crippen MR) is 130 cm³/mol. The number of carbonyl (C=O) groups is 1. The normalized spacial score (nSPS) is 16.7. The molecule has 1 aliphatic heterocycles. The van der Waals surface area contributed by atoms with E-state index in [1.165, 1.54) is 10.9 Å². The molecule has 0 bridgehead atoms. The molecule has 32 heavy (non-hydrogen) atoms. The lowest BCUT2D eigenvalue weighted by atomic mass is 9.86. The molecule has 2 aromatic heterocycles. The molecule has 1 aliphatic rings. The van der Waals surface area contributed by atoms with E-state index in [4.69, 9.17) is 16.6 Å². The molecule has 4 aromatic rings. The Kier molecular flexibility index (Phi) is 6.03. The number of halogens is 1. The van der Waals surface area contributed by atoms with Gasteiger partial charge in [-0.3, -0.25) is 9.69 Å². The summed E-state index contributed by atoms with van der Waals surface area (Å²) in [6, 6.07) is 14.0. The van der Waals surface area contributed by atoms with E-state index in [2.05, 4.69) is 28.0 Å². The zero-order valence-corrected chi connectivity index (χ0v) is 19.2. The van der Waals surface area contributed by atoms with Gasteiger partial charge in [-0.05, 0) is 68.2 Å². The quantitative estimate of drug-likeness (QED) is 0.361. The van der Waals surface area contributed by atoms with Crippen LogP contribution in [-0.2, 0) is 11.3 Å². The molecular formula is C26H29ClN4O. The molecule has 1 atom stereocenters. The Balaban J connectivity index is 1.19. The van der Waals surface area contributed by atoms with Gasteiger partial charge in [0.05, 0.1) is 11.0 Å². The van der Waals surface area contributed by atoms with Gasteiger partial charge in [-0.1, -0.05) is 30.7 Å². The highest BCUT2D eigenvalue weighted by Crippen LogP contribution is 2.29. The molecular weight excluding hydrogens is 420 g/mol. The van der Waals surface area contributed by atoms with Crippen molar-refractivity contribution in [3.05, 3.63) is 65.1 Å². The molecule has 1 fully saturated rings. The second kappa shape index (κ2) is 9.08. The first-order chi connectivity index (χ1) is 15.6. The number of likely N-dealkylation sites (tertiary alicyclic amines) is 1. The number of carbonyl (C=O) groups excluding carboxylic acids is 1. The van der Waals surface area contributed by atoms with Crippen LogP contribution in [0.25, 0.3) is 21.9 Å². The fourth-order valence-electron chi connectivity index (χ4n) is 4.95. The number of ketones is 1. The Labute approximate surface area is 193 Å². The van der Waals surface area contributed by atoms with Gasteiger partial charge in [0.25, 0.3) is 0 Å². The molecule has 5 rings (SSSR count). The van der Waals surface area contributed by atoms with Crippen LogP contribution in [0.2, 0.25) is 5.02 Å². The Morgan fingerprint density at radius 2 is 2.00 bits per heavy atom. The molecule has 166 valence electrons. The number of piperidine rings is 1. The van der Waals surface area contributed by atoms with Gasteiger partial charge >= 0.3 is 0 Å². The fourth-order valence-corrected chi connectivity index (χ4v) is 5.12. The van der Waals surface area contributed by atoms with Crippen LogP contribution in [0.3, 0.4) is 0 Å². The molecule has 0 amide bonds. The number of hydrogen-bond donors (Lipinski definition) is 2. The lowest BCUT2D eigenvalue weighted by Crippen LogP contribution is -2.36. The molecule has 0 spiro atoms. The van der Waals surface area contributed by atoms with Gasteiger partial charge in [0, 0.05) is 46.9 Å².